The highest BCUT2D eigenvalue weighted by Crippen LogP contribution is 2.25. The smallest absolute Gasteiger partial charge is 0.256 e. The zero-order valence-electron chi connectivity index (χ0n) is 17.6. The van der Waals surface area contributed by atoms with Gasteiger partial charge >= 0.3 is 0 Å². The maximum Gasteiger partial charge on any atom is 0.256 e. The Kier molecular flexibility index (Phi) is 7.02. The number of nitrogens with one attached hydrogen (secondary N) is 1. The molecule has 0 spiro atoms. The van der Waals surface area contributed by atoms with Crippen molar-refractivity contribution in [1.29, 1.82) is 0 Å². The second kappa shape index (κ2) is 10.3. The highest BCUT2D eigenvalue weighted by molar-refractivity contribution is 8.00. The van der Waals surface area contributed by atoms with E-state index in [0.717, 1.165) is 30.8 Å². The topological polar surface area (TPSA) is 66.5 Å². The molecule has 5 nitrogen and oxygen atoms in total. The second-order valence-corrected chi connectivity index (χ2v) is 8.62. The normalized spacial score (nSPS) is 13.1. The van der Waals surface area contributed by atoms with Gasteiger partial charge in [-0.25, -0.2) is 0 Å². The Balaban J connectivity index is 1.45. The monoisotopic (exact) mass is 444 g/mol. The Morgan fingerprint density at radius 1 is 0.812 bits per heavy atom. The van der Waals surface area contributed by atoms with E-state index in [4.69, 9.17) is 0 Å². The van der Waals surface area contributed by atoms with Crippen LogP contribution in [-0.4, -0.2) is 41.3 Å². The van der Waals surface area contributed by atoms with Crippen LogP contribution >= 0.6 is 11.8 Å². The van der Waals surface area contributed by atoms with Crippen LogP contribution in [0.15, 0.2) is 83.8 Å². The van der Waals surface area contributed by atoms with Crippen LogP contribution in [0.5, 0.6) is 0 Å². The first kappa shape index (κ1) is 21.8. The van der Waals surface area contributed by atoms with Gasteiger partial charge in [-0.15, -0.1) is 11.8 Å². The summed E-state index contributed by atoms with van der Waals surface area (Å²) in [6, 6.07) is 23.2. The molecule has 0 radical (unpaired) electrons. The van der Waals surface area contributed by atoms with Crippen molar-refractivity contribution in [1.82, 2.24) is 4.90 Å². The lowest BCUT2D eigenvalue weighted by Gasteiger charge is -2.15. The third-order valence-corrected chi connectivity index (χ3v) is 6.42. The molecule has 1 saturated heterocycles. The van der Waals surface area contributed by atoms with Gasteiger partial charge < -0.3 is 10.2 Å². The van der Waals surface area contributed by atoms with Crippen LogP contribution in [0, 0.1) is 0 Å². The Morgan fingerprint density at radius 3 is 2.28 bits per heavy atom. The van der Waals surface area contributed by atoms with Crippen molar-refractivity contribution in [3.05, 3.63) is 95.6 Å². The van der Waals surface area contributed by atoms with Crippen molar-refractivity contribution in [2.24, 2.45) is 0 Å². The van der Waals surface area contributed by atoms with E-state index in [0.29, 0.717) is 28.1 Å². The summed E-state index contributed by atoms with van der Waals surface area (Å²) in [7, 11) is 0. The lowest BCUT2D eigenvalue weighted by Crippen LogP contribution is -2.29. The van der Waals surface area contributed by atoms with Gasteiger partial charge in [0.25, 0.3) is 5.91 Å². The SMILES string of the molecule is O=C(c1ccccc1)c1cccc(NC(=O)c2ccccc2SCC(=O)N2CCCC2)c1. The lowest BCUT2D eigenvalue weighted by atomic mass is 10.0. The molecule has 1 N–H and O–H groups in total. The first-order chi connectivity index (χ1) is 15.6. The van der Waals surface area contributed by atoms with E-state index in [1.54, 1.807) is 48.5 Å². The standard InChI is InChI=1S/C26H24N2O3S/c29-24(28-15-6-7-16-28)18-32-23-14-5-4-13-22(23)26(31)27-21-12-8-11-20(17-21)25(30)19-9-2-1-3-10-19/h1-5,8-14,17H,6-7,15-16,18H2,(H,27,31). The molecule has 3 aromatic carbocycles. The van der Waals surface area contributed by atoms with Crippen LogP contribution in [0.4, 0.5) is 5.69 Å². The molecule has 2 amide bonds. The van der Waals surface area contributed by atoms with Crippen LogP contribution < -0.4 is 5.32 Å². The molecule has 0 aromatic heterocycles. The van der Waals surface area contributed by atoms with E-state index in [-0.39, 0.29) is 17.6 Å². The van der Waals surface area contributed by atoms with Gasteiger partial charge in [0.15, 0.2) is 5.78 Å². The maximum atomic E-state index is 13.0. The van der Waals surface area contributed by atoms with E-state index in [2.05, 4.69) is 5.32 Å². The molecule has 1 aliphatic heterocycles. The molecule has 0 atom stereocenters. The van der Waals surface area contributed by atoms with E-state index < -0.39 is 0 Å². The van der Waals surface area contributed by atoms with Crippen molar-refractivity contribution in [3.8, 4) is 0 Å². The lowest BCUT2D eigenvalue weighted by molar-refractivity contribution is -0.127. The van der Waals surface area contributed by atoms with Crippen molar-refractivity contribution in [2.75, 3.05) is 24.2 Å². The Morgan fingerprint density at radius 2 is 1.50 bits per heavy atom. The van der Waals surface area contributed by atoms with Crippen LogP contribution in [0.1, 0.15) is 39.1 Å². The van der Waals surface area contributed by atoms with E-state index >= 15 is 0 Å². The number of nitrogens with zero attached hydrogens (tertiary/aromatic N) is 1. The highest BCUT2D eigenvalue weighted by Gasteiger charge is 2.19. The molecule has 0 saturated carbocycles. The van der Waals surface area contributed by atoms with Crippen LogP contribution in [0.25, 0.3) is 0 Å². The van der Waals surface area contributed by atoms with Crippen LogP contribution in [0.3, 0.4) is 0 Å². The van der Waals surface area contributed by atoms with Crippen molar-refractivity contribution in [3.63, 3.8) is 0 Å². The third-order valence-electron chi connectivity index (χ3n) is 5.36. The number of hydrogen-bond donors (Lipinski definition) is 1. The molecule has 162 valence electrons. The van der Waals surface area contributed by atoms with Gasteiger partial charge in [-0.1, -0.05) is 54.6 Å². The molecule has 0 aliphatic carbocycles. The molecule has 1 heterocycles. The van der Waals surface area contributed by atoms with Crippen LogP contribution in [0.2, 0.25) is 0 Å². The van der Waals surface area contributed by atoms with Gasteiger partial charge in [-0.05, 0) is 37.1 Å². The first-order valence-electron chi connectivity index (χ1n) is 10.6. The average Bonchev–Trinajstić information content (AvgIpc) is 3.38. The summed E-state index contributed by atoms with van der Waals surface area (Å²) in [6.45, 7) is 1.64. The Bertz CT molecular complexity index is 1120. The molecular weight excluding hydrogens is 420 g/mol. The molecule has 0 bridgehead atoms. The van der Waals surface area contributed by atoms with Gasteiger partial charge in [-0.2, -0.15) is 0 Å². The minimum atomic E-state index is -0.272. The second-order valence-electron chi connectivity index (χ2n) is 7.60. The molecule has 0 unspecified atom stereocenters. The fourth-order valence-corrected chi connectivity index (χ4v) is 4.62. The number of likely N-dealkylation sites (tertiary alicyclic amines) is 1. The summed E-state index contributed by atoms with van der Waals surface area (Å²) in [4.78, 5) is 40.7. The number of benzene rings is 3. The Labute approximate surface area is 191 Å². The van der Waals surface area contributed by atoms with Gasteiger partial charge in [0.2, 0.25) is 5.91 Å². The molecule has 4 rings (SSSR count). The van der Waals surface area contributed by atoms with Gasteiger partial charge in [0.1, 0.15) is 0 Å². The average molecular weight is 445 g/mol. The predicted octanol–water partition coefficient (Wildman–Crippen LogP) is 4.88. The summed E-state index contributed by atoms with van der Waals surface area (Å²) >= 11 is 1.38. The summed E-state index contributed by atoms with van der Waals surface area (Å²) in [6.07, 6.45) is 2.11. The fourth-order valence-electron chi connectivity index (χ4n) is 3.67. The fraction of sp³-hybridized carbons (Fsp3) is 0.192. The third kappa shape index (κ3) is 5.26. The number of carbonyl (C=O) groups is 3. The predicted molar refractivity (Wildman–Crippen MR) is 127 cm³/mol. The molecule has 3 aromatic rings. The molecule has 1 aliphatic rings. The van der Waals surface area contributed by atoms with Crippen molar-refractivity contribution >= 4 is 35.0 Å². The summed E-state index contributed by atoms with van der Waals surface area (Å²) in [5, 5.41) is 2.89. The van der Waals surface area contributed by atoms with E-state index in [1.165, 1.54) is 11.8 Å². The number of ketones is 1. The molecule has 6 heteroatoms. The van der Waals surface area contributed by atoms with Gasteiger partial charge in [-0.3, -0.25) is 14.4 Å². The zero-order chi connectivity index (χ0) is 22.3. The van der Waals surface area contributed by atoms with Crippen LogP contribution in [-0.2, 0) is 4.79 Å². The maximum absolute atomic E-state index is 13.0. The van der Waals surface area contributed by atoms with Gasteiger partial charge in [0.05, 0.1) is 11.3 Å². The van der Waals surface area contributed by atoms with E-state index in [1.807, 2.05) is 35.2 Å². The molecule has 32 heavy (non-hydrogen) atoms. The van der Waals surface area contributed by atoms with Crippen molar-refractivity contribution < 1.29 is 14.4 Å². The zero-order valence-corrected chi connectivity index (χ0v) is 18.4. The first-order valence-corrected chi connectivity index (χ1v) is 11.6. The number of anilines is 1. The molecular formula is C26H24N2O3S. The number of thioether (sulfide) groups is 1. The quantitative estimate of drug-likeness (QED) is 0.416. The minimum absolute atomic E-state index is 0.0990. The molecule has 1 fully saturated rings. The summed E-state index contributed by atoms with van der Waals surface area (Å²) < 4.78 is 0. The largest absolute Gasteiger partial charge is 0.342 e. The van der Waals surface area contributed by atoms with E-state index in [9.17, 15) is 14.4 Å². The summed E-state index contributed by atoms with van der Waals surface area (Å²) in [5.74, 6) is 0.0460. The Hall–Kier alpha value is -3.38. The number of hydrogen-bond acceptors (Lipinski definition) is 4. The minimum Gasteiger partial charge on any atom is -0.342 e. The number of carbonyl (C=O) groups excluding carboxylic acids is 3. The van der Waals surface area contributed by atoms with Crippen molar-refractivity contribution in [2.45, 2.75) is 17.7 Å². The number of rotatable bonds is 7. The highest BCUT2D eigenvalue weighted by atomic mass is 32.2. The summed E-state index contributed by atoms with van der Waals surface area (Å²) in [5.41, 5.74) is 2.16. The van der Waals surface area contributed by atoms with Gasteiger partial charge in [0, 0.05) is 34.8 Å². The number of amides is 2.